The number of piperazine rings is 1. The number of hydrogen-bond acceptors (Lipinski definition) is 6. The summed E-state index contributed by atoms with van der Waals surface area (Å²) in [5.41, 5.74) is 2.98. The van der Waals surface area contributed by atoms with Gasteiger partial charge < -0.3 is 14.2 Å². The van der Waals surface area contributed by atoms with E-state index in [9.17, 15) is 9.59 Å². The Kier molecular flexibility index (Phi) is 5.12. The van der Waals surface area contributed by atoms with E-state index < -0.39 is 5.54 Å². The summed E-state index contributed by atoms with van der Waals surface area (Å²) in [6.07, 6.45) is 4.90. The summed E-state index contributed by atoms with van der Waals surface area (Å²) in [4.78, 5) is 40.2. The topological polar surface area (TPSA) is 82.8 Å². The van der Waals surface area contributed by atoms with Crippen molar-refractivity contribution in [3.05, 3.63) is 70.7 Å². The summed E-state index contributed by atoms with van der Waals surface area (Å²) >= 11 is 6.21. The van der Waals surface area contributed by atoms with E-state index in [0.717, 1.165) is 16.9 Å². The number of hydrogen-bond donors (Lipinski definition) is 0. The highest BCUT2D eigenvalue weighted by molar-refractivity contribution is 6.31. The van der Waals surface area contributed by atoms with Gasteiger partial charge in [-0.05, 0) is 43.7 Å². The molecule has 0 aliphatic carbocycles. The number of rotatable bonds is 3. The standard InChI is InChI=1S/C24H24ClN5O3/c1-15-27-21(14-33-15)23(32)29-8-6-28(7-9-29)17-11-18(13-26-12-17)30-22(31)19-5-4-16(25)10-20(19)24(30,2)3/h4-5,10-14H,6-9H2,1-3H3. The number of aromatic nitrogens is 2. The summed E-state index contributed by atoms with van der Waals surface area (Å²) in [5, 5.41) is 0.608. The number of pyridine rings is 1. The molecule has 4 heterocycles. The fraction of sp³-hybridized carbons (Fsp3) is 0.333. The van der Waals surface area contributed by atoms with Gasteiger partial charge in [0.05, 0.1) is 29.3 Å². The van der Waals surface area contributed by atoms with Crippen molar-refractivity contribution in [3.8, 4) is 0 Å². The minimum absolute atomic E-state index is 0.0658. The van der Waals surface area contributed by atoms with Crippen molar-refractivity contribution in [2.45, 2.75) is 26.3 Å². The first kappa shape index (κ1) is 21.5. The Hall–Kier alpha value is -3.39. The zero-order valence-corrected chi connectivity index (χ0v) is 19.5. The van der Waals surface area contributed by atoms with Crippen LogP contribution in [0.3, 0.4) is 0 Å². The van der Waals surface area contributed by atoms with Crippen LogP contribution < -0.4 is 9.80 Å². The molecule has 0 radical (unpaired) electrons. The van der Waals surface area contributed by atoms with Crippen LogP contribution in [0.5, 0.6) is 0 Å². The molecular weight excluding hydrogens is 442 g/mol. The zero-order valence-electron chi connectivity index (χ0n) is 18.7. The highest BCUT2D eigenvalue weighted by atomic mass is 35.5. The summed E-state index contributed by atoms with van der Waals surface area (Å²) in [7, 11) is 0. The molecule has 2 aromatic heterocycles. The molecule has 0 bridgehead atoms. The van der Waals surface area contributed by atoms with Crippen LogP contribution in [0.4, 0.5) is 11.4 Å². The first-order valence-corrected chi connectivity index (χ1v) is 11.2. The third-order valence-corrected chi connectivity index (χ3v) is 6.61. The Morgan fingerprint density at radius 2 is 1.82 bits per heavy atom. The average molecular weight is 466 g/mol. The van der Waals surface area contributed by atoms with E-state index in [4.69, 9.17) is 16.0 Å². The maximum absolute atomic E-state index is 13.2. The van der Waals surface area contributed by atoms with Gasteiger partial charge in [-0.3, -0.25) is 19.5 Å². The van der Waals surface area contributed by atoms with Crippen molar-refractivity contribution in [1.82, 2.24) is 14.9 Å². The van der Waals surface area contributed by atoms with E-state index in [-0.39, 0.29) is 11.8 Å². The number of fused-ring (bicyclic) bond motifs is 1. The molecule has 1 fully saturated rings. The highest BCUT2D eigenvalue weighted by Gasteiger charge is 2.44. The molecule has 1 saturated heterocycles. The number of anilines is 2. The lowest BCUT2D eigenvalue weighted by Gasteiger charge is -2.37. The molecule has 170 valence electrons. The van der Waals surface area contributed by atoms with E-state index in [1.807, 2.05) is 26.0 Å². The van der Waals surface area contributed by atoms with Gasteiger partial charge in [-0.2, -0.15) is 0 Å². The summed E-state index contributed by atoms with van der Waals surface area (Å²) < 4.78 is 5.17. The maximum atomic E-state index is 13.2. The van der Waals surface area contributed by atoms with Crippen LogP contribution in [-0.2, 0) is 5.54 Å². The molecule has 0 unspecified atom stereocenters. The Morgan fingerprint density at radius 3 is 2.52 bits per heavy atom. The van der Waals surface area contributed by atoms with Crippen molar-refractivity contribution in [2.24, 2.45) is 0 Å². The molecule has 0 N–H and O–H groups in total. The fourth-order valence-electron chi connectivity index (χ4n) is 4.65. The lowest BCUT2D eigenvalue weighted by Crippen LogP contribution is -2.49. The fourth-order valence-corrected chi connectivity index (χ4v) is 4.82. The normalized spacial score (nSPS) is 17.5. The molecule has 3 aromatic rings. The molecule has 0 saturated carbocycles. The molecule has 1 aromatic carbocycles. The van der Waals surface area contributed by atoms with E-state index >= 15 is 0 Å². The Bertz CT molecular complexity index is 1250. The molecule has 2 amide bonds. The monoisotopic (exact) mass is 465 g/mol. The third-order valence-electron chi connectivity index (χ3n) is 6.37. The Labute approximate surface area is 196 Å². The second kappa shape index (κ2) is 7.88. The second-order valence-electron chi connectivity index (χ2n) is 8.82. The van der Waals surface area contributed by atoms with E-state index in [1.54, 1.807) is 41.2 Å². The Balaban J connectivity index is 1.34. The van der Waals surface area contributed by atoms with Gasteiger partial charge in [0.25, 0.3) is 11.8 Å². The van der Waals surface area contributed by atoms with Gasteiger partial charge in [-0.25, -0.2) is 4.98 Å². The number of amides is 2. The molecule has 5 rings (SSSR count). The first-order chi connectivity index (χ1) is 15.8. The molecule has 9 heteroatoms. The van der Waals surface area contributed by atoms with Crippen LogP contribution in [0.15, 0.2) is 47.3 Å². The lowest BCUT2D eigenvalue weighted by molar-refractivity contribution is 0.0740. The van der Waals surface area contributed by atoms with Crippen molar-refractivity contribution < 1.29 is 14.0 Å². The molecular formula is C24H24ClN5O3. The van der Waals surface area contributed by atoms with Crippen LogP contribution in [0.25, 0.3) is 0 Å². The number of halogens is 1. The number of carbonyl (C=O) groups is 2. The quantitative estimate of drug-likeness (QED) is 0.583. The predicted octanol–water partition coefficient (Wildman–Crippen LogP) is 3.89. The Morgan fingerprint density at radius 1 is 1.09 bits per heavy atom. The largest absolute Gasteiger partial charge is 0.448 e. The molecule has 2 aliphatic heterocycles. The third kappa shape index (κ3) is 3.64. The number of benzene rings is 1. The molecule has 8 nitrogen and oxygen atoms in total. The maximum Gasteiger partial charge on any atom is 0.275 e. The predicted molar refractivity (Wildman–Crippen MR) is 125 cm³/mol. The van der Waals surface area contributed by atoms with Gasteiger partial charge in [0, 0.05) is 43.7 Å². The highest BCUT2D eigenvalue weighted by Crippen LogP contribution is 2.43. The second-order valence-corrected chi connectivity index (χ2v) is 9.26. The smallest absolute Gasteiger partial charge is 0.275 e. The van der Waals surface area contributed by atoms with Gasteiger partial charge in [-0.1, -0.05) is 11.6 Å². The van der Waals surface area contributed by atoms with Gasteiger partial charge in [0.15, 0.2) is 11.6 Å². The number of nitrogens with zero attached hydrogens (tertiary/aromatic N) is 5. The number of oxazole rings is 1. The molecule has 0 spiro atoms. The van der Waals surface area contributed by atoms with Crippen molar-refractivity contribution >= 4 is 34.8 Å². The lowest BCUT2D eigenvalue weighted by atomic mass is 9.93. The van der Waals surface area contributed by atoms with Gasteiger partial charge in [0.2, 0.25) is 0 Å². The van der Waals surface area contributed by atoms with Gasteiger partial charge in [-0.15, -0.1) is 0 Å². The van der Waals surface area contributed by atoms with Crippen LogP contribution in [0.1, 0.15) is 46.1 Å². The van der Waals surface area contributed by atoms with Crippen molar-refractivity contribution in [1.29, 1.82) is 0 Å². The van der Waals surface area contributed by atoms with Crippen LogP contribution in [0, 0.1) is 6.92 Å². The van der Waals surface area contributed by atoms with E-state index in [0.29, 0.717) is 48.3 Å². The minimum Gasteiger partial charge on any atom is -0.448 e. The van der Waals surface area contributed by atoms with Crippen LogP contribution >= 0.6 is 11.6 Å². The van der Waals surface area contributed by atoms with E-state index in [1.165, 1.54) is 6.26 Å². The van der Waals surface area contributed by atoms with Crippen molar-refractivity contribution in [2.75, 3.05) is 36.0 Å². The SMILES string of the molecule is Cc1nc(C(=O)N2CCN(c3cncc(N4C(=O)c5ccc(Cl)cc5C4(C)C)c3)CC2)co1. The van der Waals surface area contributed by atoms with Crippen molar-refractivity contribution in [3.63, 3.8) is 0 Å². The zero-order chi connectivity index (χ0) is 23.3. The summed E-state index contributed by atoms with van der Waals surface area (Å²) in [6.45, 7) is 8.17. The first-order valence-electron chi connectivity index (χ1n) is 10.8. The van der Waals surface area contributed by atoms with E-state index in [2.05, 4.69) is 14.9 Å². The van der Waals surface area contributed by atoms with Crippen LogP contribution in [0.2, 0.25) is 5.02 Å². The van der Waals surface area contributed by atoms with Crippen LogP contribution in [-0.4, -0.2) is 52.9 Å². The number of aryl methyl sites for hydroxylation is 1. The number of carbonyl (C=O) groups excluding carboxylic acids is 2. The van der Waals surface area contributed by atoms with Gasteiger partial charge >= 0.3 is 0 Å². The van der Waals surface area contributed by atoms with Gasteiger partial charge in [0.1, 0.15) is 6.26 Å². The summed E-state index contributed by atoms with van der Waals surface area (Å²) in [5.74, 6) is 0.284. The molecule has 0 atom stereocenters. The molecule has 33 heavy (non-hydrogen) atoms. The summed E-state index contributed by atoms with van der Waals surface area (Å²) in [6, 6.07) is 7.37. The average Bonchev–Trinajstić information content (AvgIpc) is 3.32. The minimum atomic E-state index is -0.557. The molecule has 2 aliphatic rings.